The molecule has 0 amide bonds. The number of halogens is 6. The van der Waals surface area contributed by atoms with Crippen molar-refractivity contribution in [3.63, 3.8) is 0 Å². The monoisotopic (exact) mass is 476 g/mol. The van der Waals surface area contributed by atoms with Gasteiger partial charge >= 0.3 is 11.8 Å². The molecule has 0 fully saturated rings. The Hall–Kier alpha value is -0.980. The zero-order valence-corrected chi connectivity index (χ0v) is 16.1. The lowest BCUT2D eigenvalue weighted by molar-refractivity contribution is -0.136. The molecule has 2 N–H and O–H groups in total. The molecule has 0 aliphatic carbocycles. The van der Waals surface area contributed by atoms with Crippen LogP contribution in [0.5, 0.6) is 5.75 Å². The highest BCUT2D eigenvalue weighted by Gasteiger charge is 2.45. The highest BCUT2D eigenvalue weighted by molar-refractivity contribution is 9.10. The molecular weight excluding hydrogens is 466 g/mol. The maximum absolute atomic E-state index is 14.0. The summed E-state index contributed by atoms with van der Waals surface area (Å²) in [6.45, 7) is -0.281. The van der Waals surface area contributed by atoms with E-state index >= 15 is 0 Å². The summed E-state index contributed by atoms with van der Waals surface area (Å²) in [5.41, 5.74) is -3.60. The summed E-state index contributed by atoms with van der Waals surface area (Å²) in [5.74, 6) is 2.37. The Morgan fingerprint density at radius 3 is 2.42 bits per heavy atom. The summed E-state index contributed by atoms with van der Waals surface area (Å²) in [6.07, 6.45) is -0.344. The van der Waals surface area contributed by atoms with Crippen LogP contribution >= 0.6 is 35.6 Å². The second kappa shape index (κ2) is 7.95. The van der Waals surface area contributed by atoms with E-state index < -0.39 is 31.5 Å². The lowest BCUT2D eigenvalue weighted by Gasteiger charge is -2.15. The van der Waals surface area contributed by atoms with E-state index in [4.69, 9.17) is 20.9 Å². The van der Waals surface area contributed by atoms with Crippen molar-refractivity contribution in [1.29, 1.82) is 0 Å². The summed E-state index contributed by atoms with van der Waals surface area (Å²) in [7, 11) is -3.58. The SMILES string of the molecule is C#Cc1cc(OCCCC(F)(F)F)c2sc(C(F)(F)P(O)O)c(Br)c2c1. The minimum absolute atomic E-state index is 0.0607. The second-order valence-corrected chi connectivity index (χ2v) is 8.09. The van der Waals surface area contributed by atoms with Crippen molar-refractivity contribution in [2.24, 2.45) is 0 Å². The van der Waals surface area contributed by atoms with E-state index in [9.17, 15) is 22.0 Å². The van der Waals surface area contributed by atoms with Crippen molar-refractivity contribution < 1.29 is 36.5 Å². The van der Waals surface area contributed by atoms with Gasteiger partial charge in [-0.3, -0.25) is 0 Å². The zero-order chi connectivity index (χ0) is 19.7. The van der Waals surface area contributed by atoms with Gasteiger partial charge in [-0.2, -0.15) is 22.0 Å². The standard InChI is InChI=1S/C15H11BrF5O3PS/c1-2-8-6-9-11(16)13(15(20,21)25(22)23)26-12(9)10(7-8)24-5-3-4-14(17,18)19/h1,6-7,22-23H,3-5H2. The molecule has 142 valence electrons. The van der Waals surface area contributed by atoms with Crippen LogP contribution < -0.4 is 4.74 Å². The Morgan fingerprint density at radius 2 is 1.88 bits per heavy atom. The van der Waals surface area contributed by atoms with Crippen LogP contribution in [0.15, 0.2) is 16.6 Å². The van der Waals surface area contributed by atoms with E-state index in [-0.39, 0.29) is 38.9 Å². The average Bonchev–Trinajstić information content (AvgIpc) is 2.88. The summed E-state index contributed by atoms with van der Waals surface area (Å²) in [4.78, 5) is 17.4. The maximum atomic E-state index is 14.0. The van der Waals surface area contributed by atoms with Gasteiger partial charge in [0, 0.05) is 21.8 Å². The molecule has 0 aliphatic heterocycles. The van der Waals surface area contributed by atoms with Crippen molar-refractivity contribution in [3.05, 3.63) is 27.0 Å². The van der Waals surface area contributed by atoms with Crippen LogP contribution in [-0.2, 0) is 5.66 Å². The van der Waals surface area contributed by atoms with Crippen LogP contribution in [0.3, 0.4) is 0 Å². The van der Waals surface area contributed by atoms with E-state index in [1.807, 2.05) is 0 Å². The van der Waals surface area contributed by atoms with Crippen molar-refractivity contribution in [3.8, 4) is 18.1 Å². The molecule has 1 aromatic heterocycles. The minimum Gasteiger partial charge on any atom is -0.492 e. The Morgan fingerprint density at radius 1 is 1.23 bits per heavy atom. The highest BCUT2D eigenvalue weighted by Crippen LogP contribution is 2.58. The average molecular weight is 477 g/mol. The summed E-state index contributed by atoms with van der Waals surface area (Å²) in [6, 6.07) is 2.79. The van der Waals surface area contributed by atoms with Gasteiger partial charge in [-0.15, -0.1) is 17.8 Å². The number of terminal acetylenes is 1. The molecular formula is C15H11BrF5O3PS. The van der Waals surface area contributed by atoms with Crippen LogP contribution in [0.2, 0.25) is 0 Å². The smallest absolute Gasteiger partial charge is 0.389 e. The van der Waals surface area contributed by atoms with Gasteiger partial charge in [-0.1, -0.05) is 5.92 Å². The van der Waals surface area contributed by atoms with Crippen molar-refractivity contribution >= 4 is 45.7 Å². The van der Waals surface area contributed by atoms with E-state index in [2.05, 4.69) is 21.9 Å². The Bertz CT molecular complexity index is 844. The fraction of sp³-hybridized carbons (Fsp3) is 0.333. The predicted molar refractivity (Wildman–Crippen MR) is 93.5 cm³/mol. The largest absolute Gasteiger partial charge is 0.492 e. The second-order valence-electron chi connectivity index (χ2n) is 5.14. The van der Waals surface area contributed by atoms with E-state index in [0.717, 1.165) is 0 Å². The first-order valence-electron chi connectivity index (χ1n) is 6.96. The number of thiophene rings is 1. The topological polar surface area (TPSA) is 49.7 Å². The first-order chi connectivity index (χ1) is 12.0. The molecule has 1 heterocycles. The lowest BCUT2D eigenvalue weighted by atomic mass is 10.1. The fourth-order valence-corrected chi connectivity index (χ4v) is 4.85. The van der Waals surface area contributed by atoms with Crippen molar-refractivity contribution in [1.82, 2.24) is 0 Å². The Kier molecular flexibility index (Phi) is 6.52. The van der Waals surface area contributed by atoms with Gasteiger partial charge in [0.05, 0.1) is 16.2 Å². The number of benzene rings is 1. The zero-order valence-electron chi connectivity index (χ0n) is 12.8. The molecule has 2 rings (SSSR count). The van der Waals surface area contributed by atoms with Crippen LogP contribution in [0.25, 0.3) is 10.1 Å². The predicted octanol–water partition coefficient (Wildman–Crippen LogP) is 5.71. The van der Waals surface area contributed by atoms with Crippen molar-refractivity contribution in [2.45, 2.75) is 24.7 Å². The summed E-state index contributed by atoms with van der Waals surface area (Å²) in [5, 5.41) is 0.253. The molecule has 0 saturated heterocycles. The maximum Gasteiger partial charge on any atom is 0.389 e. The number of hydrogen-bond donors (Lipinski definition) is 2. The number of alkyl halides is 5. The van der Waals surface area contributed by atoms with Gasteiger partial charge in [0.2, 0.25) is 8.38 Å². The van der Waals surface area contributed by atoms with Gasteiger partial charge < -0.3 is 14.5 Å². The molecule has 2 aromatic rings. The summed E-state index contributed by atoms with van der Waals surface area (Å²) < 4.78 is 70.1. The van der Waals surface area contributed by atoms with Crippen LogP contribution in [0, 0.1) is 12.3 Å². The minimum atomic E-state index is -4.32. The molecule has 0 bridgehead atoms. The highest BCUT2D eigenvalue weighted by atomic mass is 79.9. The quantitative estimate of drug-likeness (QED) is 0.243. The lowest BCUT2D eigenvalue weighted by Crippen LogP contribution is -2.09. The van der Waals surface area contributed by atoms with Gasteiger partial charge in [0.15, 0.2) is 0 Å². The third-order valence-electron chi connectivity index (χ3n) is 3.25. The number of hydrogen-bond acceptors (Lipinski definition) is 4. The van der Waals surface area contributed by atoms with E-state index in [1.54, 1.807) is 0 Å². The van der Waals surface area contributed by atoms with Crippen LogP contribution in [-0.4, -0.2) is 22.6 Å². The van der Waals surface area contributed by atoms with E-state index in [1.165, 1.54) is 12.1 Å². The molecule has 26 heavy (non-hydrogen) atoms. The first-order valence-corrected chi connectivity index (χ1v) is 9.81. The fourth-order valence-electron chi connectivity index (χ4n) is 2.07. The molecule has 0 unspecified atom stereocenters. The molecule has 1 aromatic carbocycles. The molecule has 11 heteroatoms. The third-order valence-corrected chi connectivity index (χ3v) is 6.50. The van der Waals surface area contributed by atoms with Crippen molar-refractivity contribution in [2.75, 3.05) is 6.61 Å². The molecule has 0 saturated carbocycles. The van der Waals surface area contributed by atoms with Gasteiger partial charge in [-0.05, 0) is 34.5 Å². The van der Waals surface area contributed by atoms with Gasteiger partial charge in [-0.25, -0.2) is 0 Å². The first kappa shape index (κ1) is 21.3. The molecule has 0 radical (unpaired) electrons. The normalized spacial score (nSPS) is 12.6. The Labute approximate surface area is 158 Å². The van der Waals surface area contributed by atoms with Gasteiger partial charge in [0.25, 0.3) is 0 Å². The number of fused-ring (bicyclic) bond motifs is 1. The van der Waals surface area contributed by atoms with Crippen LogP contribution in [0.4, 0.5) is 22.0 Å². The van der Waals surface area contributed by atoms with E-state index in [0.29, 0.717) is 11.3 Å². The Balaban J connectivity index is 2.42. The number of ether oxygens (including phenoxy) is 1. The third kappa shape index (κ3) is 4.65. The molecule has 0 spiro atoms. The van der Waals surface area contributed by atoms with Gasteiger partial charge in [0.1, 0.15) is 5.75 Å². The molecule has 0 atom stereocenters. The summed E-state index contributed by atoms with van der Waals surface area (Å²) >= 11 is 3.56. The number of rotatable bonds is 6. The molecule has 3 nitrogen and oxygen atoms in total. The molecule has 0 aliphatic rings. The van der Waals surface area contributed by atoms with Crippen LogP contribution in [0.1, 0.15) is 23.3 Å².